The Bertz CT molecular complexity index is 834. The van der Waals surface area contributed by atoms with Crippen molar-refractivity contribution in [1.82, 2.24) is 9.97 Å². The maximum atomic E-state index is 13.9. The Labute approximate surface area is 163 Å². The smallest absolute Gasteiger partial charge is 0.172 e. The minimum absolute atomic E-state index is 0.232. The van der Waals surface area contributed by atoms with E-state index in [0.29, 0.717) is 10.4 Å². The van der Waals surface area contributed by atoms with E-state index in [1.165, 1.54) is 38.2 Å². The summed E-state index contributed by atoms with van der Waals surface area (Å²) < 4.78 is 27.3. The summed E-state index contributed by atoms with van der Waals surface area (Å²) in [5, 5.41) is 0.612. The van der Waals surface area contributed by atoms with E-state index in [-0.39, 0.29) is 4.90 Å². The fraction of sp³-hybridized carbons (Fsp3) is 0.524. The number of aromatic nitrogens is 2. The van der Waals surface area contributed by atoms with Gasteiger partial charge in [0.15, 0.2) is 11.6 Å². The van der Waals surface area contributed by atoms with Crippen molar-refractivity contribution in [2.75, 3.05) is 18.0 Å². The van der Waals surface area contributed by atoms with E-state index in [1.807, 2.05) is 6.92 Å². The van der Waals surface area contributed by atoms with E-state index in [2.05, 4.69) is 16.8 Å². The summed E-state index contributed by atoms with van der Waals surface area (Å²) in [7, 11) is 0. The van der Waals surface area contributed by atoms with Gasteiger partial charge in [0.2, 0.25) is 0 Å². The first-order valence-electron chi connectivity index (χ1n) is 9.69. The Balaban J connectivity index is 1.47. The molecule has 4 rings (SSSR count). The number of anilines is 1. The molecule has 2 aliphatic rings. The van der Waals surface area contributed by atoms with Crippen molar-refractivity contribution in [2.24, 2.45) is 11.3 Å². The quantitative estimate of drug-likeness (QED) is 0.681. The highest BCUT2D eigenvalue weighted by molar-refractivity contribution is 7.99. The third kappa shape index (κ3) is 3.56. The summed E-state index contributed by atoms with van der Waals surface area (Å²) in [6, 6.07) is 4.19. The van der Waals surface area contributed by atoms with Gasteiger partial charge in [0, 0.05) is 13.1 Å². The summed E-state index contributed by atoms with van der Waals surface area (Å²) in [6.07, 6.45) is 8.30. The number of piperidine rings is 1. The molecule has 0 amide bonds. The molecular formula is C21H25F2N3S. The lowest BCUT2D eigenvalue weighted by atomic mass is 9.71. The van der Waals surface area contributed by atoms with Crippen LogP contribution in [0.15, 0.2) is 34.3 Å². The maximum Gasteiger partial charge on any atom is 0.172 e. The summed E-state index contributed by atoms with van der Waals surface area (Å²) in [5.74, 6) is 0.0369. The number of rotatable bonds is 3. The summed E-state index contributed by atoms with van der Waals surface area (Å²) in [4.78, 5) is 11.7. The van der Waals surface area contributed by atoms with Gasteiger partial charge in [-0.3, -0.25) is 0 Å². The molecule has 0 unspecified atom stereocenters. The van der Waals surface area contributed by atoms with Crippen LogP contribution in [-0.4, -0.2) is 23.1 Å². The molecule has 3 nitrogen and oxygen atoms in total. The second kappa shape index (κ2) is 7.38. The molecule has 1 saturated carbocycles. The fourth-order valence-corrected chi connectivity index (χ4v) is 5.46. The second-order valence-electron chi connectivity index (χ2n) is 7.92. The third-order valence-corrected chi connectivity index (χ3v) is 7.58. The van der Waals surface area contributed by atoms with Crippen molar-refractivity contribution >= 4 is 17.6 Å². The molecule has 1 spiro atoms. The summed E-state index contributed by atoms with van der Waals surface area (Å²) >= 11 is 1.12. The monoisotopic (exact) mass is 389 g/mol. The van der Waals surface area contributed by atoms with Gasteiger partial charge >= 0.3 is 0 Å². The van der Waals surface area contributed by atoms with Crippen LogP contribution < -0.4 is 4.90 Å². The molecule has 2 fully saturated rings. The van der Waals surface area contributed by atoms with Crippen molar-refractivity contribution < 1.29 is 8.78 Å². The lowest BCUT2D eigenvalue weighted by Gasteiger charge is -2.42. The van der Waals surface area contributed by atoms with Gasteiger partial charge < -0.3 is 4.90 Å². The van der Waals surface area contributed by atoms with Crippen LogP contribution in [0.4, 0.5) is 14.6 Å². The Hall–Kier alpha value is -1.69. The Morgan fingerprint density at radius 1 is 1.19 bits per heavy atom. The van der Waals surface area contributed by atoms with Crippen LogP contribution in [-0.2, 0) is 0 Å². The van der Waals surface area contributed by atoms with Crippen molar-refractivity contribution in [1.29, 1.82) is 0 Å². The highest BCUT2D eigenvalue weighted by Gasteiger charge is 2.42. The lowest BCUT2D eigenvalue weighted by Crippen LogP contribution is -2.41. The first kappa shape index (κ1) is 18.7. The van der Waals surface area contributed by atoms with E-state index < -0.39 is 11.6 Å². The molecule has 1 aromatic heterocycles. The minimum Gasteiger partial charge on any atom is -0.355 e. The van der Waals surface area contributed by atoms with E-state index in [4.69, 9.17) is 4.98 Å². The van der Waals surface area contributed by atoms with E-state index >= 15 is 0 Å². The van der Waals surface area contributed by atoms with Crippen molar-refractivity contribution in [3.05, 3.63) is 41.7 Å². The average Bonchev–Trinajstić information content (AvgIpc) is 3.01. The van der Waals surface area contributed by atoms with Crippen molar-refractivity contribution in [3.63, 3.8) is 0 Å². The number of aryl methyl sites for hydroxylation is 1. The van der Waals surface area contributed by atoms with Gasteiger partial charge in [0.25, 0.3) is 0 Å². The number of hydrogen-bond donors (Lipinski definition) is 0. The predicted octanol–water partition coefficient (Wildman–Crippen LogP) is 5.62. The van der Waals surface area contributed by atoms with E-state index in [9.17, 15) is 8.78 Å². The summed E-state index contributed by atoms with van der Waals surface area (Å²) in [6.45, 7) is 6.32. The van der Waals surface area contributed by atoms with Gasteiger partial charge in [-0.2, -0.15) is 0 Å². The average molecular weight is 390 g/mol. The zero-order valence-electron chi connectivity index (χ0n) is 15.8. The largest absolute Gasteiger partial charge is 0.355 e. The number of halogens is 2. The standard InChI is InChI=1S/C21H25F2N3S/c1-14-5-4-8-21(14)9-11-26(12-10-21)18-13-24-20(15(2)25-18)27-17-7-3-6-16(22)19(17)23/h3,6-7,13-14H,4-5,8-12H2,1-2H3/t14-/m1/s1. The normalized spacial score (nSPS) is 21.8. The molecule has 27 heavy (non-hydrogen) atoms. The molecule has 1 atom stereocenters. The first-order valence-corrected chi connectivity index (χ1v) is 10.5. The molecule has 2 heterocycles. The summed E-state index contributed by atoms with van der Waals surface area (Å²) in [5.41, 5.74) is 1.28. The van der Waals surface area contributed by atoms with Crippen molar-refractivity contribution in [2.45, 2.75) is 55.9 Å². The SMILES string of the molecule is Cc1nc(N2CCC3(CCC[C@H]3C)CC2)cnc1Sc1cccc(F)c1F. The van der Waals surface area contributed by atoms with E-state index in [0.717, 1.165) is 48.3 Å². The van der Waals surface area contributed by atoms with E-state index in [1.54, 1.807) is 12.3 Å². The van der Waals surface area contributed by atoms with Gasteiger partial charge in [-0.1, -0.05) is 37.6 Å². The fourth-order valence-electron chi connectivity index (χ4n) is 4.61. The first-order chi connectivity index (χ1) is 13.0. The molecular weight excluding hydrogens is 364 g/mol. The Kier molecular flexibility index (Phi) is 5.10. The number of hydrogen-bond acceptors (Lipinski definition) is 4. The van der Waals surface area contributed by atoms with Gasteiger partial charge in [0.1, 0.15) is 10.8 Å². The van der Waals surface area contributed by atoms with Crippen LogP contribution in [0.2, 0.25) is 0 Å². The third-order valence-electron chi connectivity index (χ3n) is 6.45. The van der Waals surface area contributed by atoms with Crippen molar-refractivity contribution in [3.8, 4) is 0 Å². The molecule has 1 aromatic carbocycles. The molecule has 1 aliphatic heterocycles. The van der Waals surface area contributed by atoms with Crippen LogP contribution in [0.25, 0.3) is 0 Å². The second-order valence-corrected chi connectivity index (χ2v) is 8.95. The molecule has 0 N–H and O–H groups in total. The minimum atomic E-state index is -0.842. The van der Waals surface area contributed by atoms with Crippen LogP contribution in [0.3, 0.4) is 0 Å². The van der Waals surface area contributed by atoms with Gasteiger partial charge in [-0.25, -0.2) is 18.7 Å². The molecule has 0 radical (unpaired) electrons. The Morgan fingerprint density at radius 3 is 2.63 bits per heavy atom. The Morgan fingerprint density at radius 2 is 1.96 bits per heavy atom. The molecule has 1 saturated heterocycles. The maximum absolute atomic E-state index is 13.9. The number of nitrogens with zero attached hydrogens (tertiary/aromatic N) is 3. The highest BCUT2D eigenvalue weighted by Crippen LogP contribution is 2.50. The zero-order valence-corrected chi connectivity index (χ0v) is 16.7. The molecule has 144 valence electrons. The molecule has 1 aliphatic carbocycles. The van der Waals surface area contributed by atoms with Crippen LogP contribution >= 0.6 is 11.8 Å². The zero-order chi connectivity index (χ0) is 19.0. The topological polar surface area (TPSA) is 29.0 Å². The van der Waals surface area contributed by atoms with Crippen LogP contribution in [0.1, 0.15) is 44.7 Å². The molecule has 6 heteroatoms. The van der Waals surface area contributed by atoms with Gasteiger partial charge in [-0.05, 0) is 49.7 Å². The highest BCUT2D eigenvalue weighted by atomic mass is 32.2. The van der Waals surface area contributed by atoms with Gasteiger partial charge in [0.05, 0.1) is 16.8 Å². The molecule has 0 bridgehead atoms. The van der Waals surface area contributed by atoms with Gasteiger partial charge in [-0.15, -0.1) is 0 Å². The lowest BCUT2D eigenvalue weighted by molar-refractivity contribution is 0.161. The van der Waals surface area contributed by atoms with Crippen LogP contribution in [0.5, 0.6) is 0 Å². The predicted molar refractivity (Wildman–Crippen MR) is 104 cm³/mol. The van der Waals surface area contributed by atoms with Crippen LogP contribution in [0, 0.1) is 29.9 Å². The number of benzene rings is 1. The molecule has 2 aromatic rings.